The molecule has 0 heterocycles. The summed E-state index contributed by atoms with van der Waals surface area (Å²) >= 11 is 0. The zero-order chi connectivity index (χ0) is 17.6. The third kappa shape index (κ3) is 4.02. The van der Waals surface area contributed by atoms with Crippen molar-refractivity contribution >= 4 is 21.9 Å². The minimum Gasteiger partial charge on any atom is -0.497 e. The molecule has 2 aromatic rings. The Morgan fingerprint density at radius 2 is 1.67 bits per heavy atom. The predicted molar refractivity (Wildman–Crippen MR) is 91.2 cm³/mol. The van der Waals surface area contributed by atoms with Crippen LogP contribution in [-0.4, -0.2) is 28.1 Å². The van der Waals surface area contributed by atoms with Crippen molar-refractivity contribution in [3.05, 3.63) is 65.1 Å². The molecule has 0 unspecified atom stereocenters. The number of esters is 1. The molecular formula is C18H18O5S. The number of carbonyl (C=O) groups is 1. The van der Waals surface area contributed by atoms with Gasteiger partial charge in [0.1, 0.15) is 5.75 Å². The van der Waals surface area contributed by atoms with Crippen LogP contribution in [0.4, 0.5) is 0 Å². The molecule has 0 aliphatic heterocycles. The second-order valence-corrected chi connectivity index (χ2v) is 6.74. The summed E-state index contributed by atoms with van der Waals surface area (Å²) < 4.78 is 35.5. The number of benzene rings is 2. The Labute approximate surface area is 141 Å². The van der Waals surface area contributed by atoms with Crippen LogP contribution in [0, 0.1) is 0 Å². The zero-order valence-electron chi connectivity index (χ0n) is 13.4. The highest BCUT2D eigenvalue weighted by molar-refractivity contribution is 7.96. The maximum absolute atomic E-state index is 12.8. The molecule has 0 bridgehead atoms. The Kier molecular flexibility index (Phi) is 5.76. The average Bonchev–Trinajstić information content (AvgIpc) is 2.61. The third-order valence-electron chi connectivity index (χ3n) is 3.23. The molecule has 0 amide bonds. The van der Waals surface area contributed by atoms with Crippen LogP contribution in [0.25, 0.3) is 6.08 Å². The fourth-order valence-corrected chi connectivity index (χ4v) is 3.37. The first-order valence-electron chi connectivity index (χ1n) is 7.32. The van der Waals surface area contributed by atoms with E-state index in [0.29, 0.717) is 11.3 Å². The van der Waals surface area contributed by atoms with E-state index in [1.165, 1.54) is 25.3 Å². The van der Waals surface area contributed by atoms with Gasteiger partial charge in [0.2, 0.25) is 9.84 Å². The van der Waals surface area contributed by atoms with Crippen molar-refractivity contribution in [2.24, 2.45) is 0 Å². The normalized spacial score (nSPS) is 11.8. The van der Waals surface area contributed by atoms with Gasteiger partial charge in [-0.15, -0.1) is 0 Å². The highest BCUT2D eigenvalue weighted by atomic mass is 32.2. The van der Waals surface area contributed by atoms with Crippen LogP contribution in [0.5, 0.6) is 5.75 Å². The van der Waals surface area contributed by atoms with Gasteiger partial charge in [-0.1, -0.05) is 30.3 Å². The second kappa shape index (κ2) is 7.79. The standard InChI is InChI=1S/C18H18O5S/c1-3-23-18(19)17(13-14-9-11-15(22-2)12-10-14)24(20,21)16-7-5-4-6-8-16/h4-13H,3H2,1-2H3. The van der Waals surface area contributed by atoms with Crippen LogP contribution >= 0.6 is 0 Å². The molecule has 6 heteroatoms. The molecule has 2 aromatic carbocycles. The van der Waals surface area contributed by atoms with Gasteiger partial charge >= 0.3 is 5.97 Å². The molecule has 0 spiro atoms. The lowest BCUT2D eigenvalue weighted by Gasteiger charge is -2.09. The lowest BCUT2D eigenvalue weighted by Crippen LogP contribution is -2.16. The quantitative estimate of drug-likeness (QED) is 0.594. The van der Waals surface area contributed by atoms with Gasteiger partial charge in [0.05, 0.1) is 18.6 Å². The molecule has 5 nitrogen and oxygen atoms in total. The van der Waals surface area contributed by atoms with E-state index in [0.717, 1.165) is 0 Å². The molecule has 2 rings (SSSR count). The van der Waals surface area contributed by atoms with Gasteiger partial charge in [0, 0.05) is 0 Å². The molecule has 0 saturated carbocycles. The van der Waals surface area contributed by atoms with Crippen molar-refractivity contribution < 1.29 is 22.7 Å². The third-order valence-corrected chi connectivity index (χ3v) is 4.99. The summed E-state index contributed by atoms with van der Waals surface area (Å²) in [5.41, 5.74) is 0.554. The predicted octanol–water partition coefficient (Wildman–Crippen LogP) is 3.07. The summed E-state index contributed by atoms with van der Waals surface area (Å²) in [6.45, 7) is 1.71. The van der Waals surface area contributed by atoms with Crippen LogP contribution in [0.2, 0.25) is 0 Å². The SMILES string of the molecule is CCOC(=O)C(=Cc1ccc(OC)cc1)S(=O)(=O)c1ccccc1. The molecule has 0 saturated heterocycles. The Morgan fingerprint density at radius 3 is 2.21 bits per heavy atom. The molecule has 0 aromatic heterocycles. The van der Waals surface area contributed by atoms with Gasteiger partial charge in [-0.3, -0.25) is 0 Å². The van der Waals surface area contributed by atoms with E-state index in [1.807, 2.05) is 0 Å². The number of hydrogen-bond donors (Lipinski definition) is 0. The topological polar surface area (TPSA) is 69.7 Å². The molecule has 0 radical (unpaired) electrons. The maximum atomic E-state index is 12.8. The first-order chi connectivity index (χ1) is 11.5. The second-order valence-electron chi connectivity index (χ2n) is 4.82. The van der Waals surface area contributed by atoms with Crippen LogP contribution in [0.3, 0.4) is 0 Å². The van der Waals surface area contributed by atoms with Crippen LogP contribution in [-0.2, 0) is 19.4 Å². The van der Waals surface area contributed by atoms with Crippen molar-refractivity contribution in [1.29, 1.82) is 0 Å². The summed E-state index contributed by atoms with van der Waals surface area (Å²) in [7, 11) is -2.44. The molecule has 0 aliphatic carbocycles. The van der Waals surface area contributed by atoms with E-state index >= 15 is 0 Å². The van der Waals surface area contributed by atoms with Crippen molar-refractivity contribution in [2.75, 3.05) is 13.7 Å². The van der Waals surface area contributed by atoms with Gasteiger partial charge in [-0.2, -0.15) is 0 Å². The molecule has 0 fully saturated rings. The number of carbonyl (C=O) groups excluding carboxylic acids is 1. The molecular weight excluding hydrogens is 328 g/mol. The van der Waals surface area contributed by atoms with Crippen molar-refractivity contribution in [1.82, 2.24) is 0 Å². The average molecular weight is 346 g/mol. The first kappa shape index (κ1) is 17.7. The maximum Gasteiger partial charge on any atom is 0.350 e. The summed E-state index contributed by atoms with van der Waals surface area (Å²) in [6.07, 6.45) is 1.31. The zero-order valence-corrected chi connectivity index (χ0v) is 14.2. The van der Waals surface area contributed by atoms with Crippen molar-refractivity contribution in [3.63, 3.8) is 0 Å². The highest BCUT2D eigenvalue weighted by Crippen LogP contribution is 2.23. The molecule has 0 atom stereocenters. The number of rotatable bonds is 6. The Morgan fingerprint density at radius 1 is 1.04 bits per heavy atom. The number of hydrogen-bond acceptors (Lipinski definition) is 5. The van der Waals surface area contributed by atoms with Crippen LogP contribution in [0.1, 0.15) is 12.5 Å². The van der Waals surface area contributed by atoms with Gasteiger partial charge in [-0.25, -0.2) is 13.2 Å². The van der Waals surface area contributed by atoms with Gasteiger partial charge < -0.3 is 9.47 Å². The highest BCUT2D eigenvalue weighted by Gasteiger charge is 2.28. The smallest absolute Gasteiger partial charge is 0.350 e. The summed E-state index contributed by atoms with van der Waals surface area (Å²) in [6, 6.07) is 14.5. The fraction of sp³-hybridized carbons (Fsp3) is 0.167. The largest absolute Gasteiger partial charge is 0.497 e. The molecule has 0 N–H and O–H groups in total. The lowest BCUT2D eigenvalue weighted by atomic mass is 10.2. The fourth-order valence-electron chi connectivity index (χ4n) is 2.03. The van der Waals surface area contributed by atoms with Gasteiger partial charge in [-0.05, 0) is 42.8 Å². The van der Waals surface area contributed by atoms with E-state index in [9.17, 15) is 13.2 Å². The van der Waals surface area contributed by atoms with Crippen LogP contribution in [0.15, 0.2) is 64.4 Å². The minimum atomic E-state index is -3.98. The summed E-state index contributed by atoms with van der Waals surface area (Å²) in [5, 5.41) is 0. The number of ether oxygens (including phenoxy) is 2. The van der Waals surface area contributed by atoms with E-state index in [2.05, 4.69) is 0 Å². The summed E-state index contributed by atoms with van der Waals surface area (Å²) in [5.74, 6) is -0.243. The lowest BCUT2D eigenvalue weighted by molar-refractivity contribution is -0.137. The Bertz CT molecular complexity index is 821. The Hall–Kier alpha value is -2.60. The molecule has 126 valence electrons. The van der Waals surface area contributed by atoms with Crippen molar-refractivity contribution in [3.8, 4) is 5.75 Å². The molecule has 24 heavy (non-hydrogen) atoms. The van der Waals surface area contributed by atoms with E-state index < -0.39 is 20.7 Å². The summed E-state index contributed by atoms with van der Waals surface area (Å²) in [4.78, 5) is 11.8. The van der Waals surface area contributed by atoms with E-state index in [1.54, 1.807) is 49.4 Å². The van der Waals surface area contributed by atoms with Gasteiger partial charge in [0.15, 0.2) is 4.91 Å². The van der Waals surface area contributed by atoms with Crippen molar-refractivity contribution in [2.45, 2.75) is 11.8 Å². The number of methoxy groups -OCH3 is 1. The van der Waals surface area contributed by atoms with Gasteiger partial charge in [0.25, 0.3) is 0 Å². The Balaban J connectivity index is 2.52. The number of sulfone groups is 1. The van der Waals surface area contributed by atoms with Crippen LogP contribution < -0.4 is 4.74 Å². The molecule has 0 aliphatic rings. The van der Waals surface area contributed by atoms with E-state index in [-0.39, 0.29) is 11.5 Å². The monoisotopic (exact) mass is 346 g/mol. The first-order valence-corrected chi connectivity index (χ1v) is 8.80. The van der Waals surface area contributed by atoms with E-state index in [4.69, 9.17) is 9.47 Å². The minimum absolute atomic E-state index is 0.0396.